The van der Waals surface area contributed by atoms with Gasteiger partial charge in [-0.1, -0.05) is 32.4 Å². The monoisotopic (exact) mass is 540 g/mol. The number of benzene rings is 2. The lowest BCUT2D eigenvalue weighted by molar-refractivity contribution is 0.103. The zero-order chi connectivity index (χ0) is 28.1. The number of nitrogens with zero attached hydrogens (tertiary/aromatic N) is 3. The van der Waals surface area contributed by atoms with E-state index in [0.717, 1.165) is 68.6 Å². The molecular formula is C34H44N4O2. The van der Waals surface area contributed by atoms with Gasteiger partial charge >= 0.3 is 0 Å². The smallest absolute Gasteiger partial charge is 0.193 e. The van der Waals surface area contributed by atoms with Crippen LogP contribution in [-0.4, -0.2) is 51.7 Å². The number of carbonyl (C=O) groups excluding carboxylic acids is 1. The van der Waals surface area contributed by atoms with Gasteiger partial charge < -0.3 is 14.6 Å². The van der Waals surface area contributed by atoms with Crippen molar-refractivity contribution in [3.05, 3.63) is 82.8 Å². The van der Waals surface area contributed by atoms with Crippen LogP contribution in [-0.2, 0) is 19.3 Å². The molecule has 0 aliphatic heterocycles. The summed E-state index contributed by atoms with van der Waals surface area (Å²) in [4.78, 5) is 19.7. The number of aromatic amines is 1. The largest absolute Gasteiger partial charge is 0.494 e. The fourth-order valence-corrected chi connectivity index (χ4v) is 5.83. The Hall–Kier alpha value is -3.38. The number of likely N-dealkylation sites (N-methyl/N-ethyl adjacent to an activating group) is 1. The Morgan fingerprint density at radius 3 is 2.80 bits per heavy atom. The van der Waals surface area contributed by atoms with Crippen molar-refractivity contribution < 1.29 is 9.53 Å². The number of hydrogen-bond acceptors (Lipinski definition) is 4. The second kappa shape index (κ2) is 12.9. The minimum Gasteiger partial charge on any atom is -0.494 e. The van der Waals surface area contributed by atoms with Crippen LogP contribution < -0.4 is 4.74 Å². The lowest BCUT2D eigenvalue weighted by Gasteiger charge is -2.29. The van der Waals surface area contributed by atoms with E-state index in [2.05, 4.69) is 61.0 Å². The Balaban J connectivity index is 1.27. The number of fused-ring (bicyclic) bond motifs is 3. The van der Waals surface area contributed by atoms with Crippen LogP contribution in [0.4, 0.5) is 0 Å². The quantitative estimate of drug-likeness (QED) is 0.146. The van der Waals surface area contributed by atoms with Gasteiger partial charge in [-0.2, -0.15) is 5.10 Å². The molecule has 5 rings (SSSR count). The molecule has 0 saturated heterocycles. The minimum atomic E-state index is 0.0445. The molecule has 4 aromatic rings. The van der Waals surface area contributed by atoms with Crippen molar-refractivity contribution in [1.82, 2.24) is 19.7 Å². The number of rotatable bonds is 13. The first-order valence-corrected chi connectivity index (χ1v) is 15.1. The summed E-state index contributed by atoms with van der Waals surface area (Å²) in [6.07, 6.45) is 10.6. The Morgan fingerprint density at radius 1 is 1.18 bits per heavy atom. The number of aromatic nitrogens is 3. The van der Waals surface area contributed by atoms with Gasteiger partial charge in [0.15, 0.2) is 5.78 Å². The average molecular weight is 541 g/mol. The molecule has 0 amide bonds. The molecule has 2 heterocycles. The number of nitrogens with one attached hydrogen (secondary N) is 1. The minimum absolute atomic E-state index is 0.0445. The zero-order valence-corrected chi connectivity index (χ0v) is 24.6. The Labute approximate surface area is 238 Å². The number of H-pyrrole nitrogens is 1. The van der Waals surface area contributed by atoms with Crippen LogP contribution in [0.25, 0.3) is 10.9 Å². The van der Waals surface area contributed by atoms with Crippen LogP contribution in [0.1, 0.15) is 85.7 Å². The molecule has 1 unspecified atom stereocenters. The number of ketones is 1. The maximum atomic E-state index is 13.5. The highest BCUT2D eigenvalue weighted by Crippen LogP contribution is 2.33. The number of unbranched alkanes of at least 4 members (excludes halogenated alkanes) is 1. The van der Waals surface area contributed by atoms with Gasteiger partial charge in [-0.3, -0.25) is 9.48 Å². The van der Waals surface area contributed by atoms with Crippen molar-refractivity contribution in [3.8, 4) is 5.75 Å². The van der Waals surface area contributed by atoms with Gasteiger partial charge in [0, 0.05) is 53.1 Å². The molecule has 1 aliphatic rings. The summed E-state index contributed by atoms with van der Waals surface area (Å²) in [5.41, 5.74) is 6.59. The third kappa shape index (κ3) is 6.49. The highest BCUT2D eigenvalue weighted by molar-refractivity contribution is 6.11. The molecule has 40 heavy (non-hydrogen) atoms. The van der Waals surface area contributed by atoms with Crippen LogP contribution in [0.15, 0.2) is 54.9 Å². The van der Waals surface area contributed by atoms with Crippen molar-refractivity contribution in [3.63, 3.8) is 0 Å². The van der Waals surface area contributed by atoms with E-state index >= 15 is 0 Å². The van der Waals surface area contributed by atoms with Crippen molar-refractivity contribution in [1.29, 1.82) is 0 Å². The van der Waals surface area contributed by atoms with Gasteiger partial charge in [0.25, 0.3) is 0 Å². The van der Waals surface area contributed by atoms with Crippen LogP contribution in [0.2, 0.25) is 0 Å². The number of ether oxygens (including phenoxy) is 1. The predicted molar refractivity (Wildman–Crippen MR) is 163 cm³/mol. The molecule has 0 bridgehead atoms. The Bertz CT molecular complexity index is 1430. The van der Waals surface area contributed by atoms with Crippen LogP contribution in [0.3, 0.4) is 0 Å². The van der Waals surface area contributed by atoms with E-state index in [-0.39, 0.29) is 5.78 Å². The molecule has 2 aromatic carbocycles. The molecule has 1 N–H and O–H groups in total. The maximum Gasteiger partial charge on any atom is 0.193 e. The number of carbonyl (C=O) groups is 1. The predicted octanol–water partition coefficient (Wildman–Crippen LogP) is 7.02. The van der Waals surface area contributed by atoms with Crippen LogP contribution in [0, 0.1) is 5.92 Å². The molecule has 1 atom stereocenters. The van der Waals surface area contributed by atoms with Crippen LogP contribution in [0.5, 0.6) is 5.75 Å². The van der Waals surface area contributed by atoms with Crippen molar-refractivity contribution in [2.75, 3.05) is 26.2 Å². The second-order valence-electron chi connectivity index (χ2n) is 11.6. The fourth-order valence-electron chi connectivity index (χ4n) is 5.83. The van der Waals surface area contributed by atoms with E-state index in [9.17, 15) is 4.79 Å². The number of aryl methyl sites for hydroxylation is 1. The van der Waals surface area contributed by atoms with Gasteiger partial charge in [-0.25, -0.2) is 0 Å². The van der Waals surface area contributed by atoms with Gasteiger partial charge in [-0.15, -0.1) is 0 Å². The third-order valence-electron chi connectivity index (χ3n) is 8.28. The summed E-state index contributed by atoms with van der Waals surface area (Å²) in [5.74, 6) is 1.42. The molecule has 2 aromatic heterocycles. The van der Waals surface area contributed by atoms with Crippen molar-refractivity contribution >= 4 is 16.7 Å². The van der Waals surface area contributed by atoms with Crippen LogP contribution >= 0.6 is 0 Å². The Morgan fingerprint density at radius 2 is 2.02 bits per heavy atom. The fraction of sp³-hybridized carbons (Fsp3) is 0.471. The summed E-state index contributed by atoms with van der Waals surface area (Å²) < 4.78 is 7.89. The molecule has 6 heteroatoms. The Kier molecular flexibility index (Phi) is 9.05. The van der Waals surface area contributed by atoms with Gasteiger partial charge in [-0.05, 0) is 99.9 Å². The lowest BCUT2D eigenvalue weighted by Crippen LogP contribution is -2.33. The normalized spacial score (nSPS) is 15.2. The van der Waals surface area contributed by atoms with E-state index in [4.69, 9.17) is 4.74 Å². The molecule has 0 saturated carbocycles. The summed E-state index contributed by atoms with van der Waals surface area (Å²) in [5, 5.41) is 5.70. The van der Waals surface area contributed by atoms with E-state index in [1.807, 2.05) is 41.2 Å². The highest BCUT2D eigenvalue weighted by atomic mass is 16.5. The first kappa shape index (κ1) is 28.2. The number of hydrogen-bond donors (Lipinski definition) is 1. The topological polar surface area (TPSA) is 63.2 Å². The molecule has 0 fully saturated rings. The maximum absolute atomic E-state index is 13.5. The summed E-state index contributed by atoms with van der Waals surface area (Å²) in [6, 6.07) is 14.1. The van der Waals surface area contributed by atoms with E-state index in [1.165, 1.54) is 28.6 Å². The molecule has 1 aliphatic carbocycles. The first-order chi connectivity index (χ1) is 19.4. The van der Waals surface area contributed by atoms with Gasteiger partial charge in [0.1, 0.15) is 5.75 Å². The third-order valence-corrected chi connectivity index (χ3v) is 8.28. The first-order valence-electron chi connectivity index (χ1n) is 15.1. The summed E-state index contributed by atoms with van der Waals surface area (Å²) >= 11 is 0. The van der Waals surface area contributed by atoms with Gasteiger partial charge in [0.05, 0.1) is 12.8 Å². The van der Waals surface area contributed by atoms with E-state index < -0.39 is 0 Å². The summed E-state index contributed by atoms with van der Waals surface area (Å²) in [6.45, 7) is 12.6. The SMILES string of the molecule is CCCCOc1cccc(C(=O)c2ccc3[nH]c4c(c3c2)CC(CN(CC)CCc2cnn(C(C)C)c2)CC4)c1. The molecule has 212 valence electrons. The second-order valence-corrected chi connectivity index (χ2v) is 11.6. The van der Waals surface area contributed by atoms with Crippen molar-refractivity contribution in [2.24, 2.45) is 5.92 Å². The molecule has 6 nitrogen and oxygen atoms in total. The molecular weight excluding hydrogens is 496 g/mol. The van der Waals surface area contributed by atoms with E-state index in [0.29, 0.717) is 24.1 Å². The molecule has 0 spiro atoms. The highest BCUT2D eigenvalue weighted by Gasteiger charge is 2.25. The van der Waals surface area contributed by atoms with Crippen molar-refractivity contribution in [2.45, 2.75) is 72.3 Å². The molecule has 0 radical (unpaired) electrons. The zero-order valence-electron chi connectivity index (χ0n) is 24.6. The summed E-state index contributed by atoms with van der Waals surface area (Å²) in [7, 11) is 0. The van der Waals surface area contributed by atoms with E-state index in [1.54, 1.807) is 0 Å². The standard InChI is InChI=1S/C34H44N4O2/c1-5-7-17-40-29-10-8-9-27(19-29)34(39)28-12-14-33-31(20-28)30-18-25(11-13-32(30)36-33)22-37(6-2)16-15-26-21-35-38(23-26)24(3)4/h8-10,12,14,19-21,23-25,36H,5-7,11,13,15-18,22H2,1-4H3. The van der Waals surface area contributed by atoms with Gasteiger partial charge in [0.2, 0.25) is 0 Å². The lowest BCUT2D eigenvalue weighted by atomic mass is 9.85. The average Bonchev–Trinajstić information content (AvgIpc) is 3.60.